The average molecular weight is 1100 g/mol. The molecule has 0 spiro atoms. The minimum atomic E-state index is -0.779. The Bertz CT molecular complexity index is 1590. The number of allylic oxidation sites excluding steroid dienone is 18. The molecule has 0 saturated heterocycles. The van der Waals surface area contributed by atoms with E-state index in [1.54, 1.807) is 0 Å². The predicted octanol–water partition coefficient (Wildman–Crippen LogP) is 23.0. The molecule has 0 aliphatic heterocycles. The van der Waals surface area contributed by atoms with Gasteiger partial charge in [-0.15, -0.1) is 0 Å². The number of hydrogen-bond acceptors (Lipinski definition) is 6. The quantitative estimate of drug-likeness (QED) is 0.0261. The minimum absolute atomic E-state index is 0.0797. The van der Waals surface area contributed by atoms with Gasteiger partial charge in [-0.3, -0.25) is 14.4 Å². The smallest absolute Gasteiger partial charge is 0.306 e. The van der Waals surface area contributed by atoms with E-state index in [0.29, 0.717) is 19.3 Å². The standard InChI is InChI=1S/C73H124O6/c1-4-7-10-13-15-17-19-21-23-25-27-29-31-33-35-36-38-39-41-43-45-47-49-51-53-55-57-60-63-66-72(75)78-69-70(68-77-71(74)65-62-59-12-9-6-3)79-73(76)67-64-61-58-56-54-52-50-48-46-44-42-40-37-34-32-30-28-26-24-22-20-18-16-14-11-8-5-2/h7,10,15,17,20-23,26-29,32-35,38-39,70H,4-6,8-9,11-14,16,18-19,24-25,30-31,36-37,40-69H2,1-3H3/b10-7-,17-15-,22-20-,23-21-,28-26-,29-27-,34-32-,35-33-,39-38-. The number of esters is 3. The van der Waals surface area contributed by atoms with Gasteiger partial charge in [-0.1, -0.05) is 297 Å². The summed E-state index contributed by atoms with van der Waals surface area (Å²) in [5, 5.41) is 0. The van der Waals surface area contributed by atoms with Gasteiger partial charge in [0.25, 0.3) is 0 Å². The molecule has 0 aromatic carbocycles. The molecule has 0 N–H and O–H groups in total. The third-order valence-electron chi connectivity index (χ3n) is 14.3. The van der Waals surface area contributed by atoms with E-state index in [9.17, 15) is 14.4 Å². The summed E-state index contributed by atoms with van der Waals surface area (Å²) in [7, 11) is 0. The molecule has 0 aromatic heterocycles. The summed E-state index contributed by atoms with van der Waals surface area (Å²) in [6.07, 6.45) is 91.5. The largest absolute Gasteiger partial charge is 0.462 e. The SMILES string of the molecule is CC/C=C\C/C=C\C/C=C\C/C=C\C/C=C\C/C=C\CCCCCCCCCCCCC(=O)OCC(COC(=O)CCCCCCC)OC(=O)CCCCCCCCCCCCCC/C=C\C/C=C\C/C=C\CCCCCCC. The van der Waals surface area contributed by atoms with E-state index in [-0.39, 0.29) is 31.1 Å². The van der Waals surface area contributed by atoms with E-state index >= 15 is 0 Å². The maximum absolute atomic E-state index is 12.8. The van der Waals surface area contributed by atoms with Gasteiger partial charge >= 0.3 is 17.9 Å². The zero-order chi connectivity index (χ0) is 57.1. The fourth-order valence-electron chi connectivity index (χ4n) is 9.28. The van der Waals surface area contributed by atoms with E-state index in [1.807, 2.05) is 0 Å². The van der Waals surface area contributed by atoms with Gasteiger partial charge in [-0.2, -0.15) is 0 Å². The number of ether oxygens (including phenoxy) is 3. The second kappa shape index (κ2) is 66.6. The minimum Gasteiger partial charge on any atom is -0.462 e. The fraction of sp³-hybridized carbons (Fsp3) is 0.712. The molecule has 0 amide bonds. The van der Waals surface area contributed by atoms with Crippen molar-refractivity contribution in [3.05, 3.63) is 109 Å². The van der Waals surface area contributed by atoms with E-state index in [0.717, 1.165) is 116 Å². The molecular weight excluding hydrogens is 973 g/mol. The van der Waals surface area contributed by atoms with Crippen LogP contribution < -0.4 is 0 Å². The Balaban J connectivity index is 4.05. The van der Waals surface area contributed by atoms with Crippen LogP contribution in [0.2, 0.25) is 0 Å². The highest BCUT2D eigenvalue weighted by atomic mass is 16.6. The van der Waals surface area contributed by atoms with Crippen molar-refractivity contribution in [1.82, 2.24) is 0 Å². The van der Waals surface area contributed by atoms with Crippen molar-refractivity contribution in [1.29, 1.82) is 0 Å². The van der Waals surface area contributed by atoms with Crippen LogP contribution in [0.4, 0.5) is 0 Å². The zero-order valence-corrected chi connectivity index (χ0v) is 51.9. The van der Waals surface area contributed by atoms with Crippen LogP contribution in [-0.2, 0) is 28.6 Å². The molecule has 0 radical (unpaired) electrons. The van der Waals surface area contributed by atoms with Crippen molar-refractivity contribution in [2.45, 2.75) is 322 Å². The molecule has 0 saturated carbocycles. The molecule has 0 bridgehead atoms. The monoisotopic (exact) mass is 1100 g/mol. The molecule has 0 heterocycles. The molecule has 1 atom stereocenters. The summed E-state index contributed by atoms with van der Waals surface area (Å²) in [5.41, 5.74) is 0. The van der Waals surface area contributed by atoms with E-state index in [2.05, 4.69) is 130 Å². The Kier molecular flexibility index (Phi) is 63.3. The number of carbonyl (C=O) groups is 3. The van der Waals surface area contributed by atoms with Crippen molar-refractivity contribution in [3.63, 3.8) is 0 Å². The van der Waals surface area contributed by atoms with Crippen molar-refractivity contribution < 1.29 is 28.6 Å². The Morgan fingerprint density at radius 3 is 0.772 bits per heavy atom. The Morgan fingerprint density at radius 1 is 0.266 bits per heavy atom. The van der Waals surface area contributed by atoms with Crippen LogP contribution in [-0.4, -0.2) is 37.2 Å². The highest BCUT2D eigenvalue weighted by Crippen LogP contribution is 2.16. The Morgan fingerprint density at radius 2 is 0.494 bits per heavy atom. The first kappa shape index (κ1) is 75.1. The van der Waals surface area contributed by atoms with Gasteiger partial charge in [0.1, 0.15) is 13.2 Å². The lowest BCUT2D eigenvalue weighted by Gasteiger charge is -2.18. The number of carbonyl (C=O) groups excluding carboxylic acids is 3. The number of hydrogen-bond donors (Lipinski definition) is 0. The molecular formula is C73H124O6. The van der Waals surface area contributed by atoms with Crippen molar-refractivity contribution in [2.75, 3.05) is 13.2 Å². The molecule has 0 fully saturated rings. The molecule has 0 rings (SSSR count). The second-order valence-electron chi connectivity index (χ2n) is 22.0. The maximum atomic E-state index is 12.8. The molecule has 6 heteroatoms. The summed E-state index contributed by atoms with van der Waals surface area (Å²) in [6.45, 7) is 6.45. The molecule has 0 aromatic rings. The molecule has 79 heavy (non-hydrogen) atoms. The van der Waals surface area contributed by atoms with Crippen LogP contribution in [0.1, 0.15) is 316 Å². The predicted molar refractivity (Wildman–Crippen MR) is 343 cm³/mol. The lowest BCUT2D eigenvalue weighted by Crippen LogP contribution is -2.30. The van der Waals surface area contributed by atoms with Crippen LogP contribution in [0.25, 0.3) is 0 Å². The maximum Gasteiger partial charge on any atom is 0.306 e. The van der Waals surface area contributed by atoms with Crippen LogP contribution in [0, 0.1) is 0 Å². The molecule has 6 nitrogen and oxygen atoms in total. The van der Waals surface area contributed by atoms with E-state index in [1.165, 1.54) is 161 Å². The number of rotatable bonds is 60. The first-order valence-corrected chi connectivity index (χ1v) is 33.4. The van der Waals surface area contributed by atoms with Gasteiger partial charge in [0, 0.05) is 19.3 Å². The van der Waals surface area contributed by atoms with E-state index < -0.39 is 6.10 Å². The second-order valence-corrected chi connectivity index (χ2v) is 22.0. The summed E-state index contributed by atoms with van der Waals surface area (Å²) in [5.74, 6) is -0.892. The highest BCUT2D eigenvalue weighted by Gasteiger charge is 2.19. The lowest BCUT2D eigenvalue weighted by molar-refractivity contribution is -0.167. The Labute approximate surface area is 489 Å². The lowest BCUT2D eigenvalue weighted by atomic mass is 10.0. The topological polar surface area (TPSA) is 78.9 Å². The molecule has 0 aliphatic rings. The summed E-state index contributed by atoms with van der Waals surface area (Å²) in [6, 6.07) is 0. The van der Waals surface area contributed by atoms with Crippen LogP contribution in [0.15, 0.2) is 109 Å². The number of unbranched alkanes of at least 4 members (excludes halogenated alkanes) is 31. The summed E-state index contributed by atoms with van der Waals surface area (Å²) in [4.78, 5) is 38.0. The first-order valence-electron chi connectivity index (χ1n) is 33.4. The fourth-order valence-corrected chi connectivity index (χ4v) is 9.28. The molecule has 0 aliphatic carbocycles. The van der Waals surface area contributed by atoms with Gasteiger partial charge in [0.2, 0.25) is 0 Å². The van der Waals surface area contributed by atoms with Gasteiger partial charge in [-0.25, -0.2) is 0 Å². The van der Waals surface area contributed by atoms with Gasteiger partial charge in [-0.05, 0) is 109 Å². The third kappa shape index (κ3) is 64.8. The molecule has 452 valence electrons. The van der Waals surface area contributed by atoms with Crippen LogP contribution in [0.5, 0.6) is 0 Å². The molecule has 1 unspecified atom stereocenters. The first-order chi connectivity index (χ1) is 39.0. The zero-order valence-electron chi connectivity index (χ0n) is 51.9. The van der Waals surface area contributed by atoms with Crippen molar-refractivity contribution in [3.8, 4) is 0 Å². The van der Waals surface area contributed by atoms with E-state index in [4.69, 9.17) is 14.2 Å². The van der Waals surface area contributed by atoms with Crippen LogP contribution >= 0.6 is 0 Å². The summed E-state index contributed by atoms with van der Waals surface area (Å²) < 4.78 is 16.8. The summed E-state index contributed by atoms with van der Waals surface area (Å²) >= 11 is 0. The third-order valence-corrected chi connectivity index (χ3v) is 14.3. The van der Waals surface area contributed by atoms with Crippen molar-refractivity contribution in [2.24, 2.45) is 0 Å². The highest BCUT2D eigenvalue weighted by molar-refractivity contribution is 5.71. The Hall–Kier alpha value is -3.93. The van der Waals surface area contributed by atoms with Crippen molar-refractivity contribution >= 4 is 17.9 Å². The normalized spacial score (nSPS) is 12.8. The van der Waals surface area contributed by atoms with Gasteiger partial charge in [0.15, 0.2) is 6.10 Å². The van der Waals surface area contributed by atoms with Gasteiger partial charge in [0.05, 0.1) is 0 Å². The average Bonchev–Trinajstić information content (AvgIpc) is 3.45. The van der Waals surface area contributed by atoms with Crippen LogP contribution in [0.3, 0.4) is 0 Å². The van der Waals surface area contributed by atoms with Gasteiger partial charge < -0.3 is 14.2 Å².